The van der Waals surface area contributed by atoms with E-state index in [0.717, 1.165) is 12.8 Å². The van der Waals surface area contributed by atoms with Gasteiger partial charge in [-0.1, -0.05) is 42.5 Å². The van der Waals surface area contributed by atoms with E-state index in [-0.39, 0.29) is 12.2 Å². The summed E-state index contributed by atoms with van der Waals surface area (Å²) in [6.07, 6.45) is 6.51. The smallest absolute Gasteiger partial charge is 0.0946 e. The molecule has 0 saturated carbocycles. The molecule has 0 radical (unpaired) electrons. The Morgan fingerprint density at radius 1 is 1.31 bits per heavy atom. The summed E-state index contributed by atoms with van der Waals surface area (Å²) >= 11 is 0. The van der Waals surface area contributed by atoms with E-state index in [4.69, 9.17) is 4.74 Å². The highest BCUT2D eigenvalue weighted by Gasteiger charge is 2.21. The second-order valence-corrected chi connectivity index (χ2v) is 4.26. The van der Waals surface area contributed by atoms with Gasteiger partial charge < -0.3 is 4.74 Å². The molecule has 0 aliphatic carbocycles. The second-order valence-electron chi connectivity index (χ2n) is 4.26. The van der Waals surface area contributed by atoms with Crippen LogP contribution >= 0.6 is 0 Å². The average molecular weight is 214 g/mol. The molecular weight excluding hydrogens is 196 g/mol. The van der Waals surface area contributed by atoms with Crippen LogP contribution in [0.4, 0.5) is 0 Å². The Morgan fingerprint density at radius 2 is 2.06 bits per heavy atom. The summed E-state index contributed by atoms with van der Waals surface area (Å²) in [6.45, 7) is 5.90. The van der Waals surface area contributed by atoms with E-state index in [0.29, 0.717) is 0 Å². The fourth-order valence-electron chi connectivity index (χ4n) is 2.06. The Labute approximate surface area is 97.4 Å². The fourth-order valence-corrected chi connectivity index (χ4v) is 2.06. The summed E-state index contributed by atoms with van der Waals surface area (Å²) in [4.78, 5) is 0. The third-order valence-electron chi connectivity index (χ3n) is 3.03. The van der Waals surface area contributed by atoms with Crippen LogP contribution in [0.5, 0.6) is 0 Å². The maximum absolute atomic E-state index is 5.83. The van der Waals surface area contributed by atoms with E-state index in [1.165, 1.54) is 11.1 Å². The standard InChI is InChI=1S/C15H18O/c1-3-14-11-12(2)15(16-14)10-9-13-7-5-4-6-8-13/h3-8,11,14-15H,1,9-10H2,2H3. The molecule has 2 atom stereocenters. The molecule has 1 heterocycles. The molecule has 0 amide bonds. The number of rotatable bonds is 4. The third-order valence-corrected chi connectivity index (χ3v) is 3.03. The van der Waals surface area contributed by atoms with Gasteiger partial charge in [0.05, 0.1) is 12.2 Å². The quantitative estimate of drug-likeness (QED) is 0.697. The molecule has 1 aliphatic heterocycles. The maximum atomic E-state index is 5.83. The largest absolute Gasteiger partial charge is 0.362 e. The van der Waals surface area contributed by atoms with Gasteiger partial charge in [0, 0.05) is 0 Å². The molecule has 1 aromatic rings. The van der Waals surface area contributed by atoms with Crippen LogP contribution < -0.4 is 0 Å². The molecule has 0 aromatic heterocycles. The lowest BCUT2D eigenvalue weighted by Crippen LogP contribution is -2.13. The number of benzene rings is 1. The summed E-state index contributed by atoms with van der Waals surface area (Å²) in [5.41, 5.74) is 2.71. The molecule has 16 heavy (non-hydrogen) atoms. The maximum Gasteiger partial charge on any atom is 0.0946 e. The van der Waals surface area contributed by atoms with E-state index in [2.05, 4.69) is 49.9 Å². The van der Waals surface area contributed by atoms with E-state index in [1.54, 1.807) is 0 Å². The molecule has 84 valence electrons. The van der Waals surface area contributed by atoms with Crippen molar-refractivity contribution in [1.29, 1.82) is 0 Å². The molecule has 0 fully saturated rings. The van der Waals surface area contributed by atoms with Gasteiger partial charge in [-0.25, -0.2) is 0 Å². The van der Waals surface area contributed by atoms with Crippen molar-refractivity contribution in [2.45, 2.75) is 32.0 Å². The van der Waals surface area contributed by atoms with Crippen LogP contribution in [0, 0.1) is 0 Å². The Hall–Kier alpha value is -1.34. The molecule has 0 saturated heterocycles. The lowest BCUT2D eigenvalue weighted by atomic mass is 10.0. The van der Waals surface area contributed by atoms with Gasteiger partial charge in [-0.3, -0.25) is 0 Å². The van der Waals surface area contributed by atoms with Crippen LogP contribution in [0.15, 0.2) is 54.6 Å². The zero-order valence-electron chi connectivity index (χ0n) is 9.73. The van der Waals surface area contributed by atoms with Gasteiger partial charge in [0.1, 0.15) is 0 Å². The first-order chi connectivity index (χ1) is 7.79. The van der Waals surface area contributed by atoms with Crippen LogP contribution in [-0.2, 0) is 11.2 Å². The molecule has 1 nitrogen and oxygen atoms in total. The van der Waals surface area contributed by atoms with Crippen molar-refractivity contribution in [3.05, 3.63) is 60.2 Å². The van der Waals surface area contributed by atoms with Crippen molar-refractivity contribution < 1.29 is 4.74 Å². The van der Waals surface area contributed by atoms with Gasteiger partial charge in [-0.15, -0.1) is 6.58 Å². The highest BCUT2D eigenvalue weighted by Crippen LogP contribution is 2.23. The number of hydrogen-bond acceptors (Lipinski definition) is 1. The fraction of sp³-hybridized carbons (Fsp3) is 0.333. The monoisotopic (exact) mass is 214 g/mol. The highest BCUT2D eigenvalue weighted by molar-refractivity contribution is 5.20. The van der Waals surface area contributed by atoms with Gasteiger partial charge in [0.2, 0.25) is 0 Å². The van der Waals surface area contributed by atoms with Crippen molar-refractivity contribution in [3.8, 4) is 0 Å². The Balaban J connectivity index is 1.88. The SMILES string of the molecule is C=CC1C=C(C)C(CCc2ccccc2)O1. The summed E-state index contributed by atoms with van der Waals surface area (Å²) in [5, 5.41) is 0. The van der Waals surface area contributed by atoms with E-state index in [9.17, 15) is 0 Å². The minimum absolute atomic E-state index is 0.112. The van der Waals surface area contributed by atoms with E-state index < -0.39 is 0 Å². The Morgan fingerprint density at radius 3 is 2.69 bits per heavy atom. The van der Waals surface area contributed by atoms with Crippen molar-refractivity contribution in [3.63, 3.8) is 0 Å². The van der Waals surface area contributed by atoms with Crippen LogP contribution in [0.25, 0.3) is 0 Å². The summed E-state index contributed by atoms with van der Waals surface area (Å²) in [6, 6.07) is 10.5. The first-order valence-electron chi connectivity index (χ1n) is 5.80. The Bertz CT molecular complexity index is 378. The Kier molecular flexibility index (Phi) is 3.58. The van der Waals surface area contributed by atoms with Crippen molar-refractivity contribution in [2.75, 3.05) is 0 Å². The topological polar surface area (TPSA) is 9.23 Å². The average Bonchev–Trinajstić information content (AvgIpc) is 2.69. The van der Waals surface area contributed by atoms with Gasteiger partial charge in [-0.05, 0) is 30.9 Å². The summed E-state index contributed by atoms with van der Waals surface area (Å²) < 4.78 is 5.83. The predicted octanol–water partition coefficient (Wildman–Crippen LogP) is 3.52. The zero-order valence-corrected chi connectivity index (χ0v) is 9.73. The molecule has 1 aromatic carbocycles. The number of ether oxygens (including phenoxy) is 1. The lowest BCUT2D eigenvalue weighted by Gasteiger charge is -2.13. The first-order valence-corrected chi connectivity index (χ1v) is 5.80. The molecule has 2 rings (SSSR count). The lowest BCUT2D eigenvalue weighted by molar-refractivity contribution is 0.0769. The van der Waals surface area contributed by atoms with Crippen LogP contribution in [-0.4, -0.2) is 12.2 Å². The van der Waals surface area contributed by atoms with Crippen LogP contribution in [0.2, 0.25) is 0 Å². The second kappa shape index (κ2) is 5.13. The molecule has 1 aliphatic rings. The molecule has 2 unspecified atom stereocenters. The molecule has 1 heteroatoms. The molecule has 0 N–H and O–H groups in total. The summed E-state index contributed by atoms with van der Waals surface area (Å²) in [5.74, 6) is 0. The minimum atomic E-state index is 0.112. The van der Waals surface area contributed by atoms with E-state index in [1.807, 2.05) is 6.08 Å². The highest BCUT2D eigenvalue weighted by atomic mass is 16.5. The summed E-state index contributed by atoms with van der Waals surface area (Å²) in [7, 11) is 0. The predicted molar refractivity (Wildman–Crippen MR) is 67.4 cm³/mol. The number of aryl methyl sites for hydroxylation is 1. The number of hydrogen-bond donors (Lipinski definition) is 0. The molecule has 0 bridgehead atoms. The van der Waals surface area contributed by atoms with Crippen molar-refractivity contribution in [1.82, 2.24) is 0 Å². The van der Waals surface area contributed by atoms with E-state index >= 15 is 0 Å². The van der Waals surface area contributed by atoms with Gasteiger partial charge in [0.15, 0.2) is 0 Å². The van der Waals surface area contributed by atoms with Crippen molar-refractivity contribution >= 4 is 0 Å². The third kappa shape index (κ3) is 2.61. The zero-order chi connectivity index (χ0) is 11.4. The van der Waals surface area contributed by atoms with Crippen LogP contribution in [0.1, 0.15) is 18.9 Å². The normalized spacial score (nSPS) is 24.2. The van der Waals surface area contributed by atoms with Gasteiger partial charge >= 0.3 is 0 Å². The first kappa shape index (κ1) is 11.2. The van der Waals surface area contributed by atoms with Crippen LogP contribution in [0.3, 0.4) is 0 Å². The minimum Gasteiger partial charge on any atom is -0.362 e. The molecule has 0 spiro atoms. The van der Waals surface area contributed by atoms with Gasteiger partial charge in [0.25, 0.3) is 0 Å². The van der Waals surface area contributed by atoms with Crippen molar-refractivity contribution in [2.24, 2.45) is 0 Å². The molecular formula is C15H18O. The van der Waals surface area contributed by atoms with Gasteiger partial charge in [-0.2, -0.15) is 0 Å².